The minimum Gasteiger partial charge on any atom is -0.300 e. The summed E-state index contributed by atoms with van der Waals surface area (Å²) in [5.41, 5.74) is 2.31. The van der Waals surface area contributed by atoms with Crippen LogP contribution in [0.5, 0.6) is 0 Å². The SMILES string of the molecule is N#CC1(c2ccccc2)C(c2ccccc2)CC(=O)CC1c1ccccc1. The minimum absolute atomic E-state index is 0.169. The normalized spacial score (nSPS) is 24.9. The molecule has 0 amide bonds. The number of nitriles is 1. The first-order valence-corrected chi connectivity index (χ1v) is 9.34. The van der Waals surface area contributed by atoms with E-state index in [1.54, 1.807) is 0 Å². The predicted octanol–water partition coefficient (Wildman–Crippen LogP) is 5.38. The van der Waals surface area contributed by atoms with E-state index in [9.17, 15) is 10.1 Å². The monoisotopic (exact) mass is 351 g/mol. The topological polar surface area (TPSA) is 40.9 Å². The molecule has 1 fully saturated rings. The largest absolute Gasteiger partial charge is 0.300 e. The molecule has 0 aromatic heterocycles. The molecule has 0 spiro atoms. The molecule has 2 nitrogen and oxygen atoms in total. The molecule has 2 unspecified atom stereocenters. The fourth-order valence-corrected chi connectivity index (χ4v) is 4.57. The Morgan fingerprint density at radius 2 is 1.11 bits per heavy atom. The zero-order valence-electron chi connectivity index (χ0n) is 15.1. The van der Waals surface area contributed by atoms with Crippen molar-refractivity contribution in [3.05, 3.63) is 108 Å². The molecule has 3 aromatic rings. The van der Waals surface area contributed by atoms with Gasteiger partial charge in [-0.3, -0.25) is 4.79 Å². The minimum atomic E-state index is -0.780. The fourth-order valence-electron chi connectivity index (χ4n) is 4.57. The van der Waals surface area contributed by atoms with Gasteiger partial charge in [-0.2, -0.15) is 5.26 Å². The van der Waals surface area contributed by atoms with Gasteiger partial charge in [0.15, 0.2) is 0 Å². The molecule has 2 atom stereocenters. The number of hydrogen-bond donors (Lipinski definition) is 0. The van der Waals surface area contributed by atoms with E-state index in [0.717, 1.165) is 16.7 Å². The van der Waals surface area contributed by atoms with E-state index in [4.69, 9.17) is 0 Å². The first kappa shape index (κ1) is 17.2. The van der Waals surface area contributed by atoms with Gasteiger partial charge in [-0.05, 0) is 16.7 Å². The molecule has 1 aliphatic carbocycles. The summed E-state index contributed by atoms with van der Waals surface area (Å²) in [5.74, 6) is -0.116. The third-order valence-electron chi connectivity index (χ3n) is 5.80. The van der Waals surface area contributed by atoms with Crippen molar-refractivity contribution in [2.75, 3.05) is 0 Å². The summed E-state index contributed by atoms with van der Waals surface area (Å²) < 4.78 is 0. The molecule has 1 saturated carbocycles. The molecule has 1 aliphatic rings. The van der Waals surface area contributed by atoms with Gasteiger partial charge in [-0.25, -0.2) is 0 Å². The van der Waals surface area contributed by atoms with Gasteiger partial charge >= 0.3 is 0 Å². The second-order valence-electron chi connectivity index (χ2n) is 7.22. The Bertz CT molecular complexity index is 906. The quantitative estimate of drug-likeness (QED) is 0.636. The number of rotatable bonds is 3. The van der Waals surface area contributed by atoms with Crippen LogP contribution in [0.4, 0.5) is 0 Å². The van der Waals surface area contributed by atoms with Crippen LogP contribution in [0.2, 0.25) is 0 Å². The highest BCUT2D eigenvalue weighted by molar-refractivity contribution is 5.83. The summed E-state index contributed by atoms with van der Waals surface area (Å²) in [5, 5.41) is 10.6. The van der Waals surface area contributed by atoms with Gasteiger partial charge in [0.1, 0.15) is 5.78 Å². The summed E-state index contributed by atoms with van der Waals surface area (Å²) in [6, 6.07) is 32.7. The fraction of sp³-hybridized carbons (Fsp3) is 0.200. The molecular weight excluding hydrogens is 330 g/mol. The van der Waals surface area contributed by atoms with Crippen LogP contribution in [-0.2, 0) is 10.2 Å². The van der Waals surface area contributed by atoms with E-state index in [1.165, 1.54) is 0 Å². The molecule has 3 aromatic carbocycles. The van der Waals surface area contributed by atoms with Gasteiger partial charge in [0.05, 0.1) is 11.5 Å². The summed E-state index contributed by atoms with van der Waals surface area (Å²) in [7, 11) is 0. The standard InChI is InChI=1S/C25H21NO/c26-18-25(21-14-8-3-9-15-21)23(19-10-4-1-5-11-19)16-22(27)17-24(25)20-12-6-2-7-13-20/h1-15,23-24H,16-17H2. The molecule has 0 bridgehead atoms. The first-order chi connectivity index (χ1) is 13.3. The van der Waals surface area contributed by atoms with Crippen molar-refractivity contribution in [2.24, 2.45) is 0 Å². The van der Waals surface area contributed by atoms with Crippen molar-refractivity contribution < 1.29 is 4.79 Å². The lowest BCUT2D eigenvalue weighted by Gasteiger charge is -2.45. The van der Waals surface area contributed by atoms with Crippen molar-refractivity contribution >= 4 is 5.78 Å². The van der Waals surface area contributed by atoms with Gasteiger partial charge in [0.25, 0.3) is 0 Å². The summed E-state index contributed by atoms with van der Waals surface area (Å²) in [6.07, 6.45) is 0.797. The molecule has 4 rings (SSSR count). The van der Waals surface area contributed by atoms with E-state index in [1.807, 2.05) is 91.0 Å². The Balaban J connectivity index is 1.97. The van der Waals surface area contributed by atoms with Crippen LogP contribution in [-0.4, -0.2) is 5.78 Å². The number of Topliss-reactive ketones (excluding diaryl/α,β-unsaturated/α-hetero) is 1. The number of carbonyl (C=O) groups excluding carboxylic acids is 1. The lowest BCUT2D eigenvalue weighted by Crippen LogP contribution is -2.44. The van der Waals surface area contributed by atoms with E-state index < -0.39 is 5.41 Å². The van der Waals surface area contributed by atoms with E-state index in [0.29, 0.717) is 12.8 Å². The molecule has 0 heterocycles. The van der Waals surface area contributed by atoms with E-state index >= 15 is 0 Å². The molecule has 27 heavy (non-hydrogen) atoms. The number of benzene rings is 3. The van der Waals surface area contributed by atoms with Crippen LogP contribution in [0, 0.1) is 11.3 Å². The average molecular weight is 351 g/mol. The van der Waals surface area contributed by atoms with Crippen LogP contribution < -0.4 is 0 Å². The summed E-state index contributed by atoms with van der Waals surface area (Å²) in [4.78, 5) is 12.8. The Kier molecular flexibility index (Phi) is 4.60. The van der Waals surface area contributed by atoms with Gasteiger partial charge in [0, 0.05) is 24.7 Å². The maximum atomic E-state index is 12.8. The second kappa shape index (κ2) is 7.21. The Labute approximate surface area is 160 Å². The Morgan fingerprint density at radius 3 is 1.52 bits per heavy atom. The third-order valence-corrected chi connectivity index (χ3v) is 5.80. The molecule has 0 aliphatic heterocycles. The van der Waals surface area contributed by atoms with Crippen LogP contribution in [0.15, 0.2) is 91.0 Å². The number of carbonyl (C=O) groups is 1. The molecular formula is C25H21NO. The number of ketones is 1. The Morgan fingerprint density at radius 1 is 0.704 bits per heavy atom. The van der Waals surface area contributed by atoms with E-state index in [-0.39, 0.29) is 17.6 Å². The smallest absolute Gasteiger partial charge is 0.134 e. The predicted molar refractivity (Wildman–Crippen MR) is 106 cm³/mol. The lowest BCUT2D eigenvalue weighted by atomic mass is 9.54. The van der Waals surface area contributed by atoms with Gasteiger partial charge < -0.3 is 0 Å². The first-order valence-electron chi connectivity index (χ1n) is 9.34. The highest BCUT2D eigenvalue weighted by Crippen LogP contribution is 2.55. The summed E-state index contributed by atoms with van der Waals surface area (Å²) in [6.45, 7) is 0. The Hall–Kier alpha value is -3.18. The van der Waals surface area contributed by atoms with Crippen molar-refractivity contribution in [2.45, 2.75) is 30.1 Å². The molecule has 0 saturated heterocycles. The van der Waals surface area contributed by atoms with Crippen molar-refractivity contribution in [1.29, 1.82) is 5.26 Å². The maximum absolute atomic E-state index is 12.8. The lowest BCUT2D eigenvalue weighted by molar-refractivity contribution is -0.122. The molecule has 0 N–H and O–H groups in total. The van der Waals surface area contributed by atoms with Crippen LogP contribution >= 0.6 is 0 Å². The number of nitrogens with zero attached hydrogens (tertiary/aromatic N) is 1. The maximum Gasteiger partial charge on any atom is 0.134 e. The van der Waals surface area contributed by atoms with Crippen LogP contribution in [0.3, 0.4) is 0 Å². The third kappa shape index (κ3) is 2.96. The summed E-state index contributed by atoms with van der Waals surface area (Å²) >= 11 is 0. The van der Waals surface area contributed by atoms with Gasteiger partial charge in [-0.1, -0.05) is 91.0 Å². The molecule has 0 radical (unpaired) electrons. The van der Waals surface area contributed by atoms with Crippen molar-refractivity contribution in [3.63, 3.8) is 0 Å². The van der Waals surface area contributed by atoms with Crippen molar-refractivity contribution in [1.82, 2.24) is 0 Å². The van der Waals surface area contributed by atoms with Crippen molar-refractivity contribution in [3.8, 4) is 6.07 Å². The molecule has 132 valence electrons. The number of hydrogen-bond acceptors (Lipinski definition) is 2. The highest BCUT2D eigenvalue weighted by Gasteiger charge is 2.52. The molecule has 2 heteroatoms. The van der Waals surface area contributed by atoms with Crippen LogP contribution in [0.25, 0.3) is 0 Å². The van der Waals surface area contributed by atoms with Crippen LogP contribution in [0.1, 0.15) is 41.4 Å². The van der Waals surface area contributed by atoms with Gasteiger partial charge in [-0.15, -0.1) is 0 Å². The average Bonchev–Trinajstić information content (AvgIpc) is 2.75. The highest BCUT2D eigenvalue weighted by atomic mass is 16.1. The zero-order valence-corrected chi connectivity index (χ0v) is 15.1. The second-order valence-corrected chi connectivity index (χ2v) is 7.22. The zero-order chi connectivity index (χ0) is 18.7. The van der Waals surface area contributed by atoms with E-state index in [2.05, 4.69) is 6.07 Å². The van der Waals surface area contributed by atoms with Gasteiger partial charge in [0.2, 0.25) is 0 Å².